The van der Waals surface area contributed by atoms with Crippen molar-refractivity contribution in [2.75, 3.05) is 44.2 Å². The summed E-state index contributed by atoms with van der Waals surface area (Å²) in [5.41, 5.74) is 0.636. The topological polar surface area (TPSA) is 81.9 Å². The third-order valence-electron chi connectivity index (χ3n) is 7.04. The Labute approximate surface area is 194 Å². The lowest BCUT2D eigenvalue weighted by atomic mass is 10.0. The number of amides is 1. The molecule has 34 heavy (non-hydrogen) atoms. The summed E-state index contributed by atoms with van der Waals surface area (Å²) < 4.78 is 41.6. The maximum Gasteiger partial charge on any atom is 0.416 e. The summed E-state index contributed by atoms with van der Waals surface area (Å²) in [6.07, 6.45) is -0.0558. The Balaban J connectivity index is 1.24. The smallest absolute Gasteiger partial charge is 0.416 e. The number of carbonyl (C=O) groups is 2. The molecule has 1 aromatic carbocycles. The van der Waals surface area contributed by atoms with Crippen molar-refractivity contribution >= 4 is 17.7 Å². The van der Waals surface area contributed by atoms with Gasteiger partial charge in [-0.05, 0) is 48.4 Å². The molecule has 1 N–H and O–H groups in total. The van der Waals surface area contributed by atoms with Crippen LogP contribution in [0, 0.1) is 11.8 Å². The lowest BCUT2D eigenvalue weighted by molar-refractivity contribution is -0.137. The predicted octanol–water partition coefficient (Wildman–Crippen LogP) is 3.23. The second kappa shape index (κ2) is 8.61. The van der Waals surface area contributed by atoms with Gasteiger partial charge in [-0.1, -0.05) is 0 Å². The Bertz CT molecular complexity index is 1080. The van der Waals surface area contributed by atoms with E-state index in [9.17, 15) is 22.8 Å². The highest BCUT2D eigenvalue weighted by molar-refractivity contribution is 5.88. The highest BCUT2D eigenvalue weighted by atomic mass is 19.4. The van der Waals surface area contributed by atoms with Crippen LogP contribution in [-0.4, -0.2) is 76.0 Å². The van der Waals surface area contributed by atoms with Crippen molar-refractivity contribution in [1.29, 1.82) is 0 Å². The summed E-state index contributed by atoms with van der Waals surface area (Å²) in [6, 6.07) is 4.02. The van der Waals surface area contributed by atoms with Crippen molar-refractivity contribution in [2.45, 2.75) is 25.6 Å². The van der Waals surface area contributed by atoms with Gasteiger partial charge in [-0.25, -0.2) is 9.59 Å². The molecule has 8 nitrogen and oxygen atoms in total. The Hall–Kier alpha value is -3.08. The van der Waals surface area contributed by atoms with E-state index in [0.29, 0.717) is 44.0 Å². The monoisotopic (exact) mass is 477 g/mol. The van der Waals surface area contributed by atoms with Crippen molar-refractivity contribution in [1.82, 2.24) is 19.6 Å². The molecule has 1 aromatic heterocycles. The van der Waals surface area contributed by atoms with E-state index < -0.39 is 17.7 Å². The summed E-state index contributed by atoms with van der Waals surface area (Å²) in [5.74, 6) is -0.694. The van der Waals surface area contributed by atoms with E-state index in [1.54, 1.807) is 4.90 Å². The van der Waals surface area contributed by atoms with E-state index in [-0.39, 0.29) is 23.4 Å². The molecular formula is C23H26F3N5O3. The molecular weight excluding hydrogens is 451 g/mol. The van der Waals surface area contributed by atoms with Gasteiger partial charge in [-0.15, -0.1) is 0 Å². The maximum absolute atomic E-state index is 13.5. The van der Waals surface area contributed by atoms with Gasteiger partial charge < -0.3 is 14.9 Å². The number of carboxylic acid groups (broad SMARTS) is 1. The second-order valence-electron chi connectivity index (χ2n) is 9.46. The van der Waals surface area contributed by atoms with Crippen molar-refractivity contribution < 1.29 is 27.9 Å². The molecule has 2 atom stereocenters. The Morgan fingerprint density at radius 1 is 1.03 bits per heavy atom. The number of rotatable bonds is 4. The molecule has 2 unspecified atom stereocenters. The molecule has 5 rings (SSSR count). The van der Waals surface area contributed by atoms with Crippen molar-refractivity contribution in [3.05, 3.63) is 47.3 Å². The number of fused-ring (bicyclic) bond motifs is 1. The molecule has 0 saturated carbocycles. The third kappa shape index (κ3) is 4.48. The molecule has 3 saturated heterocycles. The minimum absolute atomic E-state index is 0.0479. The number of hydrogen-bond donors (Lipinski definition) is 1. The van der Waals surface area contributed by atoms with Gasteiger partial charge in [0.05, 0.1) is 23.5 Å². The first-order valence-electron chi connectivity index (χ1n) is 11.4. The Kier molecular flexibility index (Phi) is 5.75. The number of anilines is 1. The van der Waals surface area contributed by atoms with Gasteiger partial charge in [0.25, 0.3) is 0 Å². The average molecular weight is 477 g/mol. The van der Waals surface area contributed by atoms with E-state index >= 15 is 0 Å². The van der Waals surface area contributed by atoms with Gasteiger partial charge in [-0.2, -0.15) is 23.0 Å². The van der Waals surface area contributed by atoms with Gasteiger partial charge in [-0.3, -0.25) is 4.90 Å². The number of carbonyl (C=O) groups excluding carboxylic acids is 1. The summed E-state index contributed by atoms with van der Waals surface area (Å²) >= 11 is 0. The van der Waals surface area contributed by atoms with Crippen LogP contribution in [0.5, 0.6) is 0 Å². The highest BCUT2D eigenvalue weighted by Gasteiger charge is 2.42. The molecule has 3 aliphatic heterocycles. The van der Waals surface area contributed by atoms with Crippen LogP contribution in [0.3, 0.4) is 0 Å². The molecule has 1 amide bonds. The average Bonchev–Trinajstić information content (AvgIpc) is 3.56. The number of aromatic nitrogens is 2. The predicted molar refractivity (Wildman–Crippen MR) is 117 cm³/mol. The van der Waals surface area contributed by atoms with E-state index in [0.717, 1.165) is 36.8 Å². The van der Waals surface area contributed by atoms with Crippen molar-refractivity contribution in [2.24, 2.45) is 11.8 Å². The van der Waals surface area contributed by atoms with Crippen molar-refractivity contribution in [3.8, 4) is 0 Å². The first-order valence-corrected chi connectivity index (χ1v) is 11.4. The molecule has 4 heterocycles. The van der Waals surface area contributed by atoms with Crippen LogP contribution in [0.4, 0.5) is 23.7 Å². The third-order valence-corrected chi connectivity index (χ3v) is 7.04. The SMILES string of the molecule is O=C(O)c1cnn(C(=O)N2CC3CN(Cc4cc(N5CCCC5)cc(C(F)(F)F)c4)CC3C2)c1. The van der Waals surface area contributed by atoms with Crippen LogP contribution < -0.4 is 4.90 Å². The number of nitrogens with zero attached hydrogens (tertiary/aromatic N) is 5. The lowest BCUT2D eigenvalue weighted by Gasteiger charge is -2.24. The summed E-state index contributed by atoms with van der Waals surface area (Å²) in [7, 11) is 0. The number of alkyl halides is 3. The minimum atomic E-state index is -4.39. The molecule has 182 valence electrons. The molecule has 3 fully saturated rings. The van der Waals surface area contributed by atoms with Gasteiger partial charge in [0, 0.05) is 51.5 Å². The maximum atomic E-state index is 13.5. The van der Waals surface area contributed by atoms with E-state index in [1.165, 1.54) is 18.3 Å². The number of hydrogen-bond acceptors (Lipinski definition) is 5. The molecule has 0 radical (unpaired) electrons. The zero-order valence-corrected chi connectivity index (χ0v) is 18.5. The van der Waals surface area contributed by atoms with E-state index in [2.05, 4.69) is 10.00 Å². The highest BCUT2D eigenvalue weighted by Crippen LogP contribution is 2.36. The van der Waals surface area contributed by atoms with Gasteiger partial charge in [0.1, 0.15) is 0 Å². The van der Waals surface area contributed by atoms with Crippen LogP contribution in [0.25, 0.3) is 0 Å². The van der Waals surface area contributed by atoms with E-state index in [1.807, 2.05) is 11.0 Å². The Morgan fingerprint density at radius 2 is 1.71 bits per heavy atom. The fourth-order valence-electron chi connectivity index (χ4n) is 5.40. The van der Waals surface area contributed by atoms with Crippen LogP contribution in [0.2, 0.25) is 0 Å². The van der Waals surface area contributed by atoms with Crippen LogP contribution >= 0.6 is 0 Å². The second-order valence-corrected chi connectivity index (χ2v) is 9.46. The molecule has 0 bridgehead atoms. The zero-order chi connectivity index (χ0) is 24.0. The molecule has 2 aromatic rings. The normalized spacial score (nSPS) is 23.0. The summed E-state index contributed by atoms with van der Waals surface area (Å²) in [5, 5.41) is 12.9. The zero-order valence-electron chi connectivity index (χ0n) is 18.5. The fraction of sp³-hybridized carbons (Fsp3) is 0.522. The minimum Gasteiger partial charge on any atom is -0.478 e. The van der Waals surface area contributed by atoms with E-state index in [4.69, 9.17) is 5.11 Å². The Morgan fingerprint density at radius 3 is 2.29 bits per heavy atom. The fourth-order valence-corrected chi connectivity index (χ4v) is 5.40. The number of benzene rings is 1. The van der Waals surface area contributed by atoms with Crippen LogP contribution in [0.15, 0.2) is 30.6 Å². The first-order chi connectivity index (χ1) is 16.2. The number of halogens is 3. The largest absolute Gasteiger partial charge is 0.478 e. The number of carboxylic acids is 1. The molecule has 0 aliphatic carbocycles. The molecule has 0 spiro atoms. The summed E-state index contributed by atoms with van der Waals surface area (Å²) in [6.45, 7) is 4.43. The summed E-state index contributed by atoms with van der Waals surface area (Å²) in [4.78, 5) is 29.6. The number of aromatic carboxylic acids is 1. The lowest BCUT2D eigenvalue weighted by Crippen LogP contribution is -2.36. The molecule has 11 heteroatoms. The standard InChI is InChI=1S/C23H26F3N5O3/c24-23(25,26)19-5-15(6-20(7-19)29-3-1-2-4-29)9-28-10-17-12-30(13-18(17)11-28)22(34)31-14-16(8-27-31)21(32)33/h5-8,14,17-18H,1-4,9-13H2,(H,32,33). The van der Waals surface area contributed by atoms with Crippen molar-refractivity contribution in [3.63, 3.8) is 0 Å². The van der Waals surface area contributed by atoms with Gasteiger partial charge in [0.2, 0.25) is 0 Å². The quantitative estimate of drug-likeness (QED) is 0.728. The first kappa shape index (κ1) is 22.7. The van der Waals surface area contributed by atoms with Crippen LogP contribution in [-0.2, 0) is 12.7 Å². The molecule has 3 aliphatic rings. The van der Waals surface area contributed by atoms with Gasteiger partial charge >= 0.3 is 18.2 Å². The van der Waals surface area contributed by atoms with Crippen LogP contribution in [0.1, 0.15) is 34.3 Å². The number of likely N-dealkylation sites (tertiary alicyclic amines) is 2. The van der Waals surface area contributed by atoms with Gasteiger partial charge in [0.15, 0.2) is 0 Å².